The minimum Gasteiger partial charge on any atom is -0.429 e. The number of nitrogens with zero attached hydrogens (tertiary/aromatic N) is 4. The minimum atomic E-state index is -2.64. The van der Waals surface area contributed by atoms with E-state index in [2.05, 4.69) is 15.0 Å². The number of rotatable bonds is 13. The second-order valence-electron chi connectivity index (χ2n) is 10.1. The fraction of sp³-hybridized carbons (Fsp3) is 0.500. The molecule has 17 heteroatoms. The van der Waals surface area contributed by atoms with Crippen LogP contribution in [0.1, 0.15) is 39.0 Å². The van der Waals surface area contributed by atoms with E-state index in [1.807, 2.05) is 26.8 Å². The van der Waals surface area contributed by atoms with Crippen LogP contribution in [0.15, 0.2) is 36.7 Å². The molecule has 0 saturated carbocycles. The van der Waals surface area contributed by atoms with E-state index in [1.54, 1.807) is 24.3 Å². The highest BCUT2D eigenvalue weighted by atomic mass is 32.2. The summed E-state index contributed by atoms with van der Waals surface area (Å²) in [6.07, 6.45) is -5.72. The van der Waals surface area contributed by atoms with Crippen LogP contribution in [0.3, 0.4) is 0 Å². The Morgan fingerprint density at radius 2 is 1.98 bits per heavy atom. The van der Waals surface area contributed by atoms with Gasteiger partial charge >= 0.3 is 20.5 Å². The quantitative estimate of drug-likeness (QED) is 0.118. The number of aliphatic hydroxyl groups excluding tert-OH is 1. The summed E-state index contributed by atoms with van der Waals surface area (Å²) in [5.74, 6) is 0.0415. The van der Waals surface area contributed by atoms with Crippen LogP contribution in [-0.4, -0.2) is 73.2 Å². The lowest BCUT2D eigenvalue weighted by atomic mass is 9.92. The number of halogens is 1. The van der Waals surface area contributed by atoms with E-state index in [9.17, 15) is 23.7 Å². The zero-order valence-corrected chi connectivity index (χ0v) is 25.3. The first-order valence-corrected chi connectivity index (χ1v) is 15.3. The zero-order valence-electron chi connectivity index (χ0n) is 23.6. The van der Waals surface area contributed by atoms with Crippen molar-refractivity contribution in [1.29, 1.82) is 0 Å². The molecule has 14 nitrogen and oxygen atoms in total. The SMILES string of the molecule is CCC(C)(C)C(=O)SCCO[P+](=O)OC[C@H]1O[C@@H](n2cnc3c(N)nc(F)nc32)[C@@H](OC(=O)OCc2ccccc2)[C@@H]1O. The third kappa shape index (κ3) is 8.22. The smallest absolute Gasteiger partial charge is 0.429 e. The number of anilines is 1. The third-order valence-corrected chi connectivity index (χ3v) is 8.67. The van der Waals surface area contributed by atoms with Crippen molar-refractivity contribution < 1.29 is 46.9 Å². The Balaban J connectivity index is 1.40. The van der Waals surface area contributed by atoms with Crippen molar-refractivity contribution >= 4 is 48.3 Å². The van der Waals surface area contributed by atoms with Crippen LogP contribution in [0.2, 0.25) is 0 Å². The van der Waals surface area contributed by atoms with E-state index in [1.165, 1.54) is 10.9 Å². The number of carbonyl (C=O) groups is 2. The Kier molecular flexibility index (Phi) is 11.0. The molecule has 4 rings (SSSR count). The van der Waals surface area contributed by atoms with Gasteiger partial charge < -0.3 is 25.1 Å². The highest BCUT2D eigenvalue weighted by molar-refractivity contribution is 8.13. The number of nitrogen functional groups attached to an aromatic ring is 1. The van der Waals surface area contributed by atoms with Crippen LogP contribution in [-0.2, 0) is 39.2 Å². The summed E-state index contributed by atoms with van der Waals surface area (Å²) in [7, 11) is -2.64. The number of aromatic nitrogens is 4. The van der Waals surface area contributed by atoms with Gasteiger partial charge in [-0.05, 0) is 12.0 Å². The van der Waals surface area contributed by atoms with Gasteiger partial charge in [0, 0.05) is 15.7 Å². The molecule has 1 aliphatic heterocycles. The van der Waals surface area contributed by atoms with Gasteiger partial charge in [0.05, 0.1) is 6.33 Å². The fourth-order valence-electron chi connectivity index (χ4n) is 3.92. The van der Waals surface area contributed by atoms with Gasteiger partial charge in [-0.2, -0.15) is 14.4 Å². The van der Waals surface area contributed by atoms with Crippen molar-refractivity contribution in [2.24, 2.45) is 5.41 Å². The maximum Gasteiger partial charge on any atom is 0.697 e. The van der Waals surface area contributed by atoms with Crippen molar-refractivity contribution in [3.63, 3.8) is 0 Å². The highest BCUT2D eigenvalue weighted by Crippen LogP contribution is 2.36. The molecule has 1 aromatic carbocycles. The van der Waals surface area contributed by atoms with E-state index in [0.29, 0.717) is 12.0 Å². The van der Waals surface area contributed by atoms with Crippen LogP contribution in [0.4, 0.5) is 15.0 Å². The normalized spacial score (nSPS) is 20.7. The summed E-state index contributed by atoms with van der Waals surface area (Å²) in [5, 5.41) is 11.0. The number of thioether (sulfide) groups is 1. The predicted molar refractivity (Wildman–Crippen MR) is 152 cm³/mol. The molecular weight excluding hydrogens is 608 g/mol. The predicted octanol–water partition coefficient (Wildman–Crippen LogP) is 3.91. The lowest BCUT2D eigenvalue weighted by Gasteiger charge is -2.21. The fourth-order valence-corrected chi connectivity index (χ4v) is 5.52. The number of imidazole rings is 1. The molecule has 0 bridgehead atoms. The summed E-state index contributed by atoms with van der Waals surface area (Å²) in [4.78, 5) is 36.0. The molecule has 0 aliphatic carbocycles. The largest absolute Gasteiger partial charge is 0.697 e. The van der Waals surface area contributed by atoms with Gasteiger partial charge in [-0.1, -0.05) is 62.9 Å². The Morgan fingerprint density at radius 3 is 2.70 bits per heavy atom. The summed E-state index contributed by atoms with van der Waals surface area (Å²) >= 11 is 1.08. The maximum atomic E-state index is 14.0. The van der Waals surface area contributed by atoms with E-state index in [-0.39, 0.29) is 41.1 Å². The molecule has 43 heavy (non-hydrogen) atoms. The van der Waals surface area contributed by atoms with Crippen LogP contribution < -0.4 is 5.73 Å². The number of benzene rings is 1. The molecule has 232 valence electrons. The number of carbonyl (C=O) groups excluding carboxylic acids is 2. The number of nitrogens with two attached hydrogens (primary N) is 1. The molecule has 1 unspecified atom stereocenters. The molecule has 2 aromatic heterocycles. The van der Waals surface area contributed by atoms with Crippen LogP contribution in [0.5, 0.6) is 0 Å². The standard InChI is InChI=1S/C26H32FN5O9PS/c1-4-26(2,3)23(34)43-11-10-38-42(36)39-13-16-18(33)19(41-25(35)37-12-15-8-6-5-7-9-15)22(40-16)32-14-29-17-20(28)30-24(27)31-21(17)32/h5-9,14,16,18-19,22,33H,4,10-13H2,1-3H3,(H2,28,30,31)/q+1/t16-,18-,19+,22-/m1/s1. The topological polar surface area (TPSA) is 187 Å². The molecular formula is C26H32FN5O9PS+. The lowest BCUT2D eigenvalue weighted by Crippen LogP contribution is -2.37. The molecule has 0 radical (unpaired) electrons. The summed E-state index contributed by atoms with van der Waals surface area (Å²) in [6, 6.07) is 8.85. The number of hydrogen-bond acceptors (Lipinski definition) is 14. The molecule has 0 spiro atoms. The number of ether oxygens (including phenoxy) is 3. The van der Waals surface area contributed by atoms with Gasteiger partial charge in [0.25, 0.3) is 0 Å². The number of aliphatic hydroxyl groups is 1. The van der Waals surface area contributed by atoms with E-state index in [0.717, 1.165) is 11.8 Å². The average molecular weight is 641 g/mol. The first-order valence-electron chi connectivity index (χ1n) is 13.3. The van der Waals surface area contributed by atoms with Crippen LogP contribution in [0.25, 0.3) is 11.2 Å². The molecule has 0 amide bonds. The molecule has 1 fully saturated rings. The number of fused-ring (bicyclic) bond motifs is 1. The third-order valence-electron chi connectivity index (χ3n) is 6.73. The van der Waals surface area contributed by atoms with Gasteiger partial charge in [-0.25, -0.2) is 9.78 Å². The minimum absolute atomic E-state index is 0.00413. The van der Waals surface area contributed by atoms with Crippen molar-refractivity contribution in [2.75, 3.05) is 24.7 Å². The van der Waals surface area contributed by atoms with E-state index >= 15 is 0 Å². The molecule has 1 aliphatic rings. The van der Waals surface area contributed by atoms with Crippen molar-refractivity contribution in [3.8, 4) is 0 Å². The molecule has 3 heterocycles. The second kappa shape index (κ2) is 14.5. The second-order valence-corrected chi connectivity index (χ2v) is 12.1. The van der Waals surface area contributed by atoms with Gasteiger partial charge in [0.15, 0.2) is 34.4 Å². The molecule has 3 aromatic rings. The Morgan fingerprint density at radius 1 is 1.23 bits per heavy atom. The van der Waals surface area contributed by atoms with Crippen LogP contribution >= 0.6 is 20.0 Å². The van der Waals surface area contributed by atoms with Crippen molar-refractivity contribution in [1.82, 2.24) is 19.5 Å². The monoisotopic (exact) mass is 640 g/mol. The highest BCUT2D eigenvalue weighted by Gasteiger charge is 2.49. The molecule has 3 N–H and O–H groups in total. The average Bonchev–Trinajstić information content (AvgIpc) is 3.54. The lowest BCUT2D eigenvalue weighted by molar-refractivity contribution is -0.118. The maximum absolute atomic E-state index is 14.0. The molecule has 1 saturated heterocycles. The van der Waals surface area contributed by atoms with Crippen molar-refractivity contribution in [2.45, 2.75) is 58.3 Å². The van der Waals surface area contributed by atoms with Gasteiger partial charge in [0.2, 0.25) is 0 Å². The number of hydrogen-bond donors (Lipinski definition) is 2. The Bertz CT molecular complexity index is 1450. The zero-order chi connectivity index (χ0) is 31.1. The summed E-state index contributed by atoms with van der Waals surface area (Å²) in [6.45, 7) is 5.06. The summed E-state index contributed by atoms with van der Waals surface area (Å²) in [5.41, 5.74) is 5.96. The van der Waals surface area contributed by atoms with Gasteiger partial charge in [-0.15, -0.1) is 9.05 Å². The van der Waals surface area contributed by atoms with Crippen LogP contribution in [0, 0.1) is 11.5 Å². The first-order chi connectivity index (χ1) is 20.5. The van der Waals surface area contributed by atoms with Gasteiger partial charge in [0.1, 0.15) is 32.0 Å². The van der Waals surface area contributed by atoms with Crippen molar-refractivity contribution in [3.05, 3.63) is 48.3 Å². The Hall–Kier alpha value is -3.27. The first kappa shape index (κ1) is 32.6. The van der Waals surface area contributed by atoms with E-state index < -0.39 is 57.1 Å². The summed E-state index contributed by atoms with van der Waals surface area (Å²) < 4.78 is 54.4. The van der Waals surface area contributed by atoms with E-state index in [4.69, 9.17) is 29.0 Å². The Labute approximate surface area is 251 Å². The van der Waals surface area contributed by atoms with Gasteiger partial charge in [-0.3, -0.25) is 9.36 Å². The molecule has 5 atom stereocenters.